The molecule has 0 spiro atoms. The van der Waals surface area contributed by atoms with E-state index in [2.05, 4.69) is 35.2 Å². The van der Waals surface area contributed by atoms with Gasteiger partial charge in [-0.2, -0.15) is 29.9 Å². The van der Waals surface area contributed by atoms with Crippen LogP contribution in [0.5, 0.6) is 0 Å². The highest BCUT2D eigenvalue weighted by molar-refractivity contribution is 7.80. The lowest BCUT2D eigenvalue weighted by atomic mass is 10.3. The number of rotatable bonds is 11. The minimum Gasteiger partial charge on any atom is -0.480 e. The third-order valence-electron chi connectivity index (χ3n) is 1.69. The fraction of sp³-hybridized carbons (Fsp3) is 0.600. The van der Waals surface area contributed by atoms with Crippen LogP contribution in [0.25, 0.3) is 0 Å². The van der Waals surface area contributed by atoms with Crippen LogP contribution in [0.15, 0.2) is 0 Å². The molecule has 0 aliphatic carbocycles. The molecule has 0 heterocycles. The first-order valence-electron chi connectivity index (χ1n) is 6.46. The molecule has 3 unspecified atom stereocenters. The van der Waals surface area contributed by atoms with Crippen molar-refractivity contribution in [2.24, 2.45) is 0 Å². The van der Waals surface area contributed by atoms with Crippen LogP contribution >= 0.6 is 51.7 Å². The summed E-state index contributed by atoms with van der Waals surface area (Å²) in [7, 11) is -29.3. The summed E-state index contributed by atoms with van der Waals surface area (Å²) in [5, 5.41) is 10.6. The predicted molar refractivity (Wildman–Crippen MR) is 97.0 cm³/mol. The molecule has 0 radical (unpaired) electrons. The Bertz CT molecular complexity index is 823. The number of hydrogen-bond acceptors (Lipinski definition) is 12. The lowest BCUT2D eigenvalue weighted by molar-refractivity contribution is -0.140. The molecule has 20 nitrogen and oxygen atoms in total. The van der Waals surface area contributed by atoms with Crippen molar-refractivity contribution in [3.8, 4) is 0 Å². The van der Waals surface area contributed by atoms with E-state index in [0.29, 0.717) is 0 Å². The van der Waals surface area contributed by atoms with Gasteiger partial charge in [-0.05, 0) is 0 Å². The number of thiol groups is 1. The molecular weight excluding hydrogens is 565 g/mol. The highest BCUT2D eigenvalue weighted by Crippen LogP contribution is 2.72. The van der Waals surface area contributed by atoms with E-state index in [9.17, 15) is 32.4 Å². The Labute approximate surface area is 177 Å². The Kier molecular flexibility index (Phi) is 13.3. The van der Waals surface area contributed by atoms with Gasteiger partial charge in [0, 0.05) is 12.7 Å². The highest BCUT2D eigenvalue weighted by Gasteiger charge is 2.46. The number of amides is 1. The summed E-state index contributed by atoms with van der Waals surface area (Å²) in [6.07, 6.45) is 0. The smallest absolute Gasteiger partial charge is 0.480 e. The maximum Gasteiger partial charge on any atom is 0.490 e. The van der Waals surface area contributed by atoms with E-state index in [0.717, 1.165) is 0 Å². The molecule has 0 aromatic heterocycles. The van der Waals surface area contributed by atoms with Gasteiger partial charge in [-0.15, -0.1) is 0 Å². The average molecular weight is 581 g/mol. The molecular formula is C5H16NO19P5S. The SMILES string of the molecule is CC(=O)NC(CS)C(=O)O.O=P(O)(O)OP(=O)(O)OP(=O)(O)OP(=O)(O)OP(=O)(O)O. The molecule has 0 saturated heterocycles. The zero-order chi connectivity index (χ0) is 25.5. The summed E-state index contributed by atoms with van der Waals surface area (Å²) in [5.41, 5.74) is 0. The average Bonchev–Trinajstić information content (AvgIpc) is 2.35. The van der Waals surface area contributed by atoms with Gasteiger partial charge in [0.25, 0.3) is 0 Å². The van der Waals surface area contributed by atoms with E-state index in [1.54, 1.807) is 0 Å². The van der Waals surface area contributed by atoms with Gasteiger partial charge in [0.05, 0.1) is 0 Å². The Morgan fingerprint density at radius 3 is 1.23 bits per heavy atom. The molecule has 1 amide bonds. The van der Waals surface area contributed by atoms with Gasteiger partial charge < -0.3 is 44.7 Å². The Morgan fingerprint density at radius 2 is 1.06 bits per heavy atom. The molecule has 3 atom stereocenters. The molecule has 0 fully saturated rings. The van der Waals surface area contributed by atoms with Crippen LogP contribution in [0.2, 0.25) is 0 Å². The number of hydrogen-bond donors (Lipinski definition) is 10. The molecule has 0 aromatic carbocycles. The molecule has 0 saturated carbocycles. The molecule has 186 valence electrons. The Hall–Kier alpha value is 0.0000000000000000139. The normalized spacial score (nSPS) is 18.9. The van der Waals surface area contributed by atoms with E-state index in [1.807, 2.05) is 0 Å². The first-order valence-corrected chi connectivity index (χ1v) is 14.6. The molecule has 9 N–H and O–H groups in total. The number of phosphoric acid groups is 5. The fourth-order valence-corrected chi connectivity index (χ4v) is 6.65. The van der Waals surface area contributed by atoms with Gasteiger partial charge in [-0.1, -0.05) is 0 Å². The third-order valence-corrected chi connectivity index (χ3v) is 8.71. The van der Waals surface area contributed by atoms with Crippen LogP contribution in [0.1, 0.15) is 6.92 Å². The van der Waals surface area contributed by atoms with Crippen molar-refractivity contribution in [2.45, 2.75) is 13.0 Å². The van der Waals surface area contributed by atoms with Gasteiger partial charge in [0.1, 0.15) is 6.04 Å². The number of carboxylic acid groups (broad SMARTS) is 1. The topological polar surface area (TPSA) is 330 Å². The molecule has 26 heteroatoms. The largest absolute Gasteiger partial charge is 0.490 e. The molecule has 0 rings (SSSR count). The van der Waals surface area contributed by atoms with Gasteiger partial charge in [0.2, 0.25) is 5.91 Å². The van der Waals surface area contributed by atoms with Gasteiger partial charge in [-0.25, -0.2) is 27.6 Å². The maximum absolute atomic E-state index is 11.0. The monoisotopic (exact) mass is 581 g/mol. The van der Waals surface area contributed by atoms with Crippen LogP contribution in [0, 0.1) is 0 Å². The summed E-state index contributed by atoms with van der Waals surface area (Å²) < 4.78 is 65.6. The van der Waals surface area contributed by atoms with Crippen LogP contribution in [0.3, 0.4) is 0 Å². The van der Waals surface area contributed by atoms with Crippen LogP contribution < -0.4 is 5.32 Å². The van der Waals surface area contributed by atoms with Crippen LogP contribution in [-0.4, -0.2) is 63.0 Å². The molecule has 0 aliphatic rings. The first kappa shape index (κ1) is 33.2. The third kappa shape index (κ3) is 20.3. The molecule has 0 bridgehead atoms. The Balaban J connectivity index is 0. The lowest BCUT2D eigenvalue weighted by Gasteiger charge is -2.18. The molecule has 0 aromatic rings. The number of carboxylic acids is 1. The molecule has 31 heavy (non-hydrogen) atoms. The van der Waals surface area contributed by atoms with Crippen LogP contribution in [0.4, 0.5) is 0 Å². The summed E-state index contributed by atoms with van der Waals surface area (Å²) >= 11 is 3.73. The number of aliphatic carboxylic acids is 1. The summed E-state index contributed by atoms with van der Waals surface area (Å²) in [4.78, 5) is 79.3. The van der Waals surface area contributed by atoms with Gasteiger partial charge in [0.15, 0.2) is 0 Å². The van der Waals surface area contributed by atoms with Crippen molar-refractivity contribution in [1.29, 1.82) is 0 Å². The van der Waals surface area contributed by atoms with Crippen molar-refractivity contribution >= 4 is 63.6 Å². The van der Waals surface area contributed by atoms with Crippen molar-refractivity contribution in [2.75, 3.05) is 5.75 Å². The number of nitrogens with one attached hydrogen (secondary N) is 1. The number of carbonyl (C=O) groups excluding carboxylic acids is 1. The highest BCUT2D eigenvalue weighted by atomic mass is 32.1. The van der Waals surface area contributed by atoms with Crippen LogP contribution in [-0.2, 0) is 49.7 Å². The van der Waals surface area contributed by atoms with E-state index < -0.39 is 51.1 Å². The molecule has 0 aliphatic heterocycles. The van der Waals surface area contributed by atoms with Crippen molar-refractivity contribution < 1.29 is 89.0 Å². The zero-order valence-electron chi connectivity index (χ0n) is 14.5. The second kappa shape index (κ2) is 12.5. The standard InChI is InChI=1S/C5H9NO3S.H7O16P5/c1-3(7)6-4(2-10)5(8)9;1-17(2,3)13-19(7,8)15-21(11,12)16-20(9,10)14-18(4,5)6/h4,10H,2H2,1H3,(H,6,7)(H,8,9);(H,7,8)(H,9,10)(H,11,12)(H2,1,2,3)(H2,4,5,6). The maximum atomic E-state index is 11.0. The summed E-state index contributed by atoms with van der Waals surface area (Å²) in [6.45, 7) is 1.26. The minimum atomic E-state index is -6.07. The zero-order valence-corrected chi connectivity index (χ0v) is 19.9. The van der Waals surface area contributed by atoms with Crippen molar-refractivity contribution in [3.05, 3.63) is 0 Å². The van der Waals surface area contributed by atoms with Gasteiger partial charge >= 0.3 is 45.1 Å². The number of carbonyl (C=O) groups is 2. The Morgan fingerprint density at radius 1 is 0.774 bits per heavy atom. The summed E-state index contributed by atoms with van der Waals surface area (Å²) in [5.74, 6) is -1.32. The van der Waals surface area contributed by atoms with Crippen molar-refractivity contribution in [1.82, 2.24) is 5.32 Å². The fourth-order valence-electron chi connectivity index (χ4n) is 1.01. The lowest BCUT2D eigenvalue weighted by Crippen LogP contribution is -2.40. The van der Waals surface area contributed by atoms with E-state index in [1.165, 1.54) is 6.92 Å². The summed E-state index contributed by atoms with van der Waals surface area (Å²) in [6, 6.07) is -0.874. The predicted octanol–water partition coefficient (Wildman–Crippen LogP) is -0.955. The first-order chi connectivity index (χ1) is 13.4. The minimum absolute atomic E-state index is 0.106. The van der Waals surface area contributed by atoms with Gasteiger partial charge in [-0.3, -0.25) is 4.79 Å². The quantitative estimate of drug-likeness (QED) is 0.104. The van der Waals surface area contributed by atoms with Crippen molar-refractivity contribution in [3.63, 3.8) is 0 Å². The second-order valence-electron chi connectivity index (χ2n) is 4.49. The second-order valence-corrected chi connectivity index (χ2v) is 12.2. The van der Waals surface area contributed by atoms with E-state index in [-0.39, 0.29) is 11.7 Å². The van der Waals surface area contributed by atoms with E-state index in [4.69, 9.17) is 39.4 Å². The van der Waals surface area contributed by atoms with E-state index >= 15 is 0 Å².